The molecular formula is C33H30IN2P. The Morgan fingerprint density at radius 1 is 0.865 bits per heavy atom. The van der Waals surface area contributed by atoms with Crippen molar-refractivity contribution in [1.82, 2.24) is 9.55 Å². The van der Waals surface area contributed by atoms with Crippen LogP contribution in [-0.4, -0.2) is 12.7 Å². The minimum atomic E-state index is -0.455. The van der Waals surface area contributed by atoms with E-state index in [1.54, 1.807) is 0 Å². The van der Waals surface area contributed by atoms with Gasteiger partial charge in [-0.1, -0.05) is 115 Å². The summed E-state index contributed by atoms with van der Waals surface area (Å²) in [5.74, 6) is 1.52. The summed E-state index contributed by atoms with van der Waals surface area (Å²) in [4.78, 5) is 5.07. The molecule has 1 aliphatic heterocycles. The lowest BCUT2D eigenvalue weighted by Gasteiger charge is -2.40. The fourth-order valence-corrected chi connectivity index (χ4v) is 11.7. The molecule has 4 heteroatoms. The van der Waals surface area contributed by atoms with Gasteiger partial charge in [0.15, 0.2) is 0 Å². The van der Waals surface area contributed by atoms with Crippen LogP contribution < -0.4 is 10.6 Å². The predicted molar refractivity (Wildman–Crippen MR) is 168 cm³/mol. The fourth-order valence-electron chi connectivity index (χ4n) is 6.26. The van der Waals surface area contributed by atoms with Crippen LogP contribution in [0.4, 0.5) is 0 Å². The Labute approximate surface area is 234 Å². The van der Waals surface area contributed by atoms with Crippen molar-refractivity contribution < 1.29 is 0 Å². The van der Waals surface area contributed by atoms with Crippen LogP contribution in [0.2, 0.25) is 0 Å². The average molecular weight is 612 g/mol. The van der Waals surface area contributed by atoms with Crippen LogP contribution in [0.1, 0.15) is 50.3 Å². The molecule has 1 saturated carbocycles. The van der Waals surface area contributed by atoms with E-state index in [9.17, 15) is 0 Å². The molecule has 0 spiro atoms. The molecule has 3 aromatic carbocycles. The molecule has 0 radical (unpaired) electrons. The molecule has 2 unspecified atom stereocenters. The van der Waals surface area contributed by atoms with Crippen LogP contribution in [0, 0.1) is 0 Å². The molecule has 0 saturated heterocycles. The molecule has 2 heterocycles. The molecule has 37 heavy (non-hydrogen) atoms. The number of aromatic nitrogens is 2. The smallest absolute Gasteiger partial charge is 0.121 e. The van der Waals surface area contributed by atoms with Gasteiger partial charge < -0.3 is 4.57 Å². The van der Waals surface area contributed by atoms with Crippen molar-refractivity contribution in [3.05, 3.63) is 108 Å². The van der Waals surface area contributed by atoms with Crippen molar-refractivity contribution in [3.8, 4) is 11.1 Å². The number of fused-ring (bicyclic) bond motifs is 5. The van der Waals surface area contributed by atoms with E-state index in [4.69, 9.17) is 4.98 Å². The van der Waals surface area contributed by atoms with Crippen LogP contribution in [0.5, 0.6) is 0 Å². The standard InChI is InChI=1S/C33H30IN2P/c34-33(19-7-2-8-20-33)37(27-12-3-1-4-13-27)28-14-9-11-25(22-28)26-16-17-30-31(23-26)36-21-18-24-10-5-6-15-29(24)32(36)35-30/h1,3-6,9-14,16-18,21-23,29H,2,7-8,15,19-20H2. The first-order valence-electron chi connectivity index (χ1n) is 13.4. The van der Waals surface area contributed by atoms with Gasteiger partial charge in [0.25, 0.3) is 0 Å². The van der Waals surface area contributed by atoms with Gasteiger partial charge in [0, 0.05) is 12.1 Å². The van der Waals surface area contributed by atoms with Crippen molar-refractivity contribution in [2.45, 2.75) is 47.6 Å². The summed E-state index contributed by atoms with van der Waals surface area (Å²) in [6.45, 7) is 0. The van der Waals surface area contributed by atoms with E-state index in [2.05, 4.69) is 130 Å². The van der Waals surface area contributed by atoms with Gasteiger partial charge in [-0.2, -0.15) is 0 Å². The first-order chi connectivity index (χ1) is 18.2. The highest BCUT2D eigenvalue weighted by atomic mass is 127. The summed E-state index contributed by atoms with van der Waals surface area (Å²) in [5, 5.41) is 3.00. The molecule has 184 valence electrons. The first kappa shape index (κ1) is 23.6. The van der Waals surface area contributed by atoms with Crippen molar-refractivity contribution >= 4 is 58.4 Å². The highest BCUT2D eigenvalue weighted by Gasteiger charge is 2.39. The lowest BCUT2D eigenvalue weighted by molar-refractivity contribution is 0.501. The van der Waals surface area contributed by atoms with Crippen molar-refractivity contribution in [2.75, 3.05) is 0 Å². The average Bonchev–Trinajstić information content (AvgIpc) is 3.33. The summed E-state index contributed by atoms with van der Waals surface area (Å²) in [6.07, 6.45) is 18.8. The zero-order chi connectivity index (χ0) is 24.8. The zero-order valence-electron chi connectivity index (χ0n) is 20.9. The van der Waals surface area contributed by atoms with Gasteiger partial charge in [-0.25, -0.2) is 4.98 Å². The summed E-state index contributed by atoms with van der Waals surface area (Å²) in [5.41, 5.74) is 6.21. The van der Waals surface area contributed by atoms with Crippen LogP contribution >= 0.6 is 30.5 Å². The minimum absolute atomic E-state index is 0.324. The number of benzene rings is 3. The van der Waals surface area contributed by atoms with Crippen molar-refractivity contribution in [2.24, 2.45) is 0 Å². The molecule has 0 bridgehead atoms. The summed E-state index contributed by atoms with van der Waals surface area (Å²) < 4.78 is 2.63. The number of alkyl halides is 1. The number of halogens is 1. The lowest BCUT2D eigenvalue weighted by atomic mass is 9.89. The monoisotopic (exact) mass is 612 g/mol. The Balaban J connectivity index is 1.31. The van der Waals surface area contributed by atoms with E-state index in [1.165, 1.54) is 64.9 Å². The lowest BCUT2D eigenvalue weighted by Crippen LogP contribution is -2.31. The van der Waals surface area contributed by atoms with Crippen LogP contribution in [-0.2, 0) is 0 Å². The molecule has 4 aromatic rings. The summed E-state index contributed by atoms with van der Waals surface area (Å²) >= 11 is 2.83. The van der Waals surface area contributed by atoms with Gasteiger partial charge in [0.1, 0.15) is 5.82 Å². The molecule has 7 rings (SSSR count). The van der Waals surface area contributed by atoms with Crippen LogP contribution in [0.3, 0.4) is 0 Å². The van der Waals surface area contributed by atoms with Gasteiger partial charge in [0.2, 0.25) is 0 Å². The van der Waals surface area contributed by atoms with Gasteiger partial charge in [-0.15, -0.1) is 0 Å². The topological polar surface area (TPSA) is 17.8 Å². The van der Waals surface area contributed by atoms with E-state index in [-0.39, 0.29) is 0 Å². The maximum absolute atomic E-state index is 5.07. The van der Waals surface area contributed by atoms with Gasteiger partial charge in [0.05, 0.1) is 14.2 Å². The highest BCUT2D eigenvalue weighted by Crippen LogP contribution is 2.59. The molecule has 2 nitrogen and oxygen atoms in total. The third-order valence-corrected chi connectivity index (χ3v) is 13.5. The molecule has 0 N–H and O–H groups in total. The maximum atomic E-state index is 5.07. The Morgan fingerprint density at radius 3 is 2.54 bits per heavy atom. The Hall–Kier alpha value is -2.49. The van der Waals surface area contributed by atoms with E-state index in [0.29, 0.717) is 9.08 Å². The second kappa shape index (κ2) is 9.67. The van der Waals surface area contributed by atoms with E-state index in [0.717, 1.165) is 17.8 Å². The van der Waals surface area contributed by atoms with Gasteiger partial charge >= 0.3 is 0 Å². The second-order valence-electron chi connectivity index (χ2n) is 10.4. The minimum Gasteiger partial charge on any atom is -0.303 e. The molecule has 3 aliphatic rings. The SMILES string of the molecule is IC1(P(c2ccccc2)c2cccc(-c3ccc4nc5n(c4c3)C=CC3=CC=CCC35)c2)CCCCC1. The molecule has 2 aliphatic carbocycles. The zero-order valence-corrected chi connectivity index (χ0v) is 23.9. The number of hydrogen-bond donors (Lipinski definition) is 0. The number of hydrogen-bond acceptors (Lipinski definition) is 1. The van der Waals surface area contributed by atoms with E-state index < -0.39 is 7.92 Å². The summed E-state index contributed by atoms with van der Waals surface area (Å²) in [7, 11) is -0.455. The van der Waals surface area contributed by atoms with Crippen molar-refractivity contribution in [1.29, 1.82) is 0 Å². The third kappa shape index (κ3) is 4.25. The normalized spacial score (nSPS) is 20.8. The Kier molecular flexibility index (Phi) is 6.17. The van der Waals surface area contributed by atoms with E-state index in [1.807, 2.05) is 0 Å². The Morgan fingerprint density at radius 2 is 1.68 bits per heavy atom. The predicted octanol–water partition coefficient (Wildman–Crippen LogP) is 8.69. The number of allylic oxidation sites excluding steroid dienone is 5. The largest absolute Gasteiger partial charge is 0.303 e. The summed E-state index contributed by atoms with van der Waals surface area (Å²) in [6, 6.07) is 27.5. The number of nitrogens with zero attached hydrogens (tertiary/aromatic N) is 2. The first-order valence-corrected chi connectivity index (χ1v) is 15.8. The van der Waals surface area contributed by atoms with Crippen LogP contribution in [0.25, 0.3) is 28.4 Å². The molecule has 0 amide bonds. The highest BCUT2D eigenvalue weighted by molar-refractivity contribution is 14.1. The number of rotatable bonds is 4. The van der Waals surface area contributed by atoms with Crippen LogP contribution in [0.15, 0.2) is 103 Å². The quantitative estimate of drug-likeness (QED) is 0.128. The Bertz CT molecular complexity index is 1560. The molecule has 2 atom stereocenters. The van der Waals surface area contributed by atoms with Gasteiger partial charge in [-0.3, -0.25) is 0 Å². The molecular weight excluding hydrogens is 582 g/mol. The van der Waals surface area contributed by atoms with E-state index >= 15 is 0 Å². The van der Waals surface area contributed by atoms with Crippen molar-refractivity contribution in [3.63, 3.8) is 0 Å². The molecule has 1 aromatic heterocycles. The number of imidazole rings is 1. The fraction of sp³-hybridized carbons (Fsp3) is 0.242. The third-order valence-electron chi connectivity index (χ3n) is 8.12. The maximum Gasteiger partial charge on any atom is 0.121 e. The molecule has 1 fully saturated rings. The second-order valence-corrected chi connectivity index (χ2v) is 15.9. The van der Waals surface area contributed by atoms with Gasteiger partial charge in [-0.05, 0) is 78.8 Å².